The Morgan fingerprint density at radius 2 is 2.10 bits per heavy atom. The lowest BCUT2D eigenvalue weighted by molar-refractivity contribution is -0.120. The van der Waals surface area contributed by atoms with Gasteiger partial charge >= 0.3 is 0 Å². The molecule has 1 amide bonds. The van der Waals surface area contributed by atoms with Crippen LogP contribution in [0.5, 0.6) is 5.75 Å². The quantitative estimate of drug-likeness (QED) is 0.880. The molecule has 5 nitrogen and oxygen atoms in total. The van der Waals surface area contributed by atoms with E-state index in [-0.39, 0.29) is 11.4 Å². The molecule has 1 heterocycles. The minimum atomic E-state index is -0.691. The zero-order valence-corrected chi connectivity index (χ0v) is 12.7. The molecule has 0 spiro atoms. The van der Waals surface area contributed by atoms with Crippen molar-refractivity contribution in [3.63, 3.8) is 0 Å². The molecule has 2 rings (SSSR count). The first kappa shape index (κ1) is 14.7. The van der Waals surface area contributed by atoms with E-state index in [0.717, 1.165) is 0 Å². The predicted molar refractivity (Wildman–Crippen MR) is 79.2 cm³/mol. The van der Waals surface area contributed by atoms with E-state index < -0.39 is 6.04 Å². The molecule has 2 N–H and O–H groups in total. The summed E-state index contributed by atoms with van der Waals surface area (Å²) in [5.74, 6) is 0.788. The maximum absolute atomic E-state index is 12.1. The first-order valence-corrected chi connectivity index (χ1v) is 6.69. The van der Waals surface area contributed by atoms with Crippen LogP contribution in [0.15, 0.2) is 23.2 Å². The smallest absolute Gasteiger partial charge is 0.256 e. The van der Waals surface area contributed by atoms with Gasteiger partial charge in [-0.3, -0.25) is 10.1 Å². The largest absolute Gasteiger partial charge is 0.496 e. The van der Waals surface area contributed by atoms with E-state index in [2.05, 4.69) is 15.6 Å². The van der Waals surface area contributed by atoms with Crippen LogP contribution in [-0.4, -0.2) is 24.5 Å². The number of halogens is 1. The summed E-state index contributed by atoms with van der Waals surface area (Å²) in [4.78, 5) is 16.5. The number of carbonyl (C=O) groups is 1. The number of methoxy groups -OCH3 is 1. The van der Waals surface area contributed by atoms with Crippen LogP contribution < -0.4 is 15.4 Å². The summed E-state index contributed by atoms with van der Waals surface area (Å²) >= 11 is 6.18. The fourth-order valence-corrected chi connectivity index (χ4v) is 2.25. The molecule has 1 unspecified atom stereocenters. The highest BCUT2D eigenvalue weighted by molar-refractivity contribution is 6.32. The van der Waals surface area contributed by atoms with E-state index in [0.29, 0.717) is 22.3 Å². The van der Waals surface area contributed by atoms with Crippen molar-refractivity contribution in [1.29, 1.82) is 0 Å². The average molecular weight is 296 g/mol. The molecule has 0 radical (unpaired) electrons. The summed E-state index contributed by atoms with van der Waals surface area (Å²) in [5, 5.41) is 6.33. The van der Waals surface area contributed by atoms with Crippen LogP contribution in [0.2, 0.25) is 5.02 Å². The highest BCUT2D eigenvalue weighted by Gasteiger charge is 2.33. The Bertz CT molecular complexity index is 564. The molecular weight excluding hydrogens is 278 g/mol. The van der Waals surface area contributed by atoms with Crippen molar-refractivity contribution in [3.8, 4) is 5.75 Å². The fourth-order valence-electron chi connectivity index (χ4n) is 1.98. The highest BCUT2D eigenvalue weighted by Crippen LogP contribution is 2.35. The van der Waals surface area contributed by atoms with Crippen LogP contribution >= 0.6 is 11.6 Å². The molecule has 0 bridgehead atoms. The van der Waals surface area contributed by atoms with E-state index >= 15 is 0 Å². The fraction of sp³-hybridized carbons (Fsp3) is 0.429. The molecule has 0 aromatic heterocycles. The molecule has 1 aromatic rings. The standard InChI is InChI=1S/C14H18ClN3O2/c1-14(2,3)18-13-16-11(12(19)17-13)10-8(15)6-5-7-9(10)20-4/h5-7,11H,1-4H3,(H2,16,17,18,19). The zero-order valence-electron chi connectivity index (χ0n) is 12.0. The van der Waals surface area contributed by atoms with Gasteiger partial charge in [0.2, 0.25) is 0 Å². The first-order valence-electron chi connectivity index (χ1n) is 6.31. The summed E-state index contributed by atoms with van der Waals surface area (Å²) in [6.45, 7) is 5.97. The second-order valence-electron chi connectivity index (χ2n) is 5.60. The number of carbonyl (C=O) groups excluding carboxylic acids is 1. The van der Waals surface area contributed by atoms with Gasteiger partial charge in [-0.15, -0.1) is 0 Å². The maximum atomic E-state index is 12.1. The minimum absolute atomic E-state index is 0.189. The Kier molecular flexibility index (Phi) is 3.90. The molecule has 1 atom stereocenters. The van der Waals surface area contributed by atoms with Crippen molar-refractivity contribution in [2.24, 2.45) is 4.99 Å². The molecule has 1 aliphatic heterocycles. The lowest BCUT2D eigenvalue weighted by Gasteiger charge is -2.21. The average Bonchev–Trinajstić information content (AvgIpc) is 2.67. The lowest BCUT2D eigenvalue weighted by Crippen LogP contribution is -2.46. The Morgan fingerprint density at radius 1 is 1.40 bits per heavy atom. The van der Waals surface area contributed by atoms with Gasteiger partial charge in [0.1, 0.15) is 5.75 Å². The SMILES string of the molecule is COc1cccc(Cl)c1C1N=C(NC(C)(C)C)NC1=O. The Balaban J connectivity index is 2.36. The van der Waals surface area contributed by atoms with Gasteiger partial charge in [-0.05, 0) is 32.9 Å². The topological polar surface area (TPSA) is 62.7 Å². The number of nitrogens with zero attached hydrogens (tertiary/aromatic N) is 1. The van der Waals surface area contributed by atoms with Crippen molar-refractivity contribution in [2.45, 2.75) is 32.4 Å². The number of benzene rings is 1. The number of hydrogen-bond acceptors (Lipinski definition) is 4. The number of hydrogen-bond donors (Lipinski definition) is 2. The van der Waals surface area contributed by atoms with Crippen molar-refractivity contribution in [3.05, 3.63) is 28.8 Å². The van der Waals surface area contributed by atoms with Gasteiger partial charge in [-0.2, -0.15) is 0 Å². The van der Waals surface area contributed by atoms with Gasteiger partial charge in [-0.1, -0.05) is 17.7 Å². The normalized spacial score (nSPS) is 18.6. The first-order chi connectivity index (χ1) is 9.31. The van der Waals surface area contributed by atoms with Gasteiger partial charge < -0.3 is 10.1 Å². The summed E-state index contributed by atoms with van der Waals surface area (Å²) < 4.78 is 5.27. The van der Waals surface area contributed by atoms with Gasteiger partial charge in [0.05, 0.1) is 12.1 Å². The van der Waals surface area contributed by atoms with Crippen LogP contribution in [0.25, 0.3) is 0 Å². The molecule has 0 fully saturated rings. The van der Waals surface area contributed by atoms with E-state index in [4.69, 9.17) is 16.3 Å². The summed E-state index contributed by atoms with van der Waals surface area (Å²) in [6.07, 6.45) is 0. The third-order valence-corrected chi connectivity index (χ3v) is 3.08. The van der Waals surface area contributed by atoms with E-state index in [9.17, 15) is 4.79 Å². The van der Waals surface area contributed by atoms with Crippen LogP contribution in [0, 0.1) is 0 Å². The van der Waals surface area contributed by atoms with Gasteiger partial charge in [0.15, 0.2) is 12.0 Å². The molecule has 6 heteroatoms. The predicted octanol–water partition coefficient (Wildman–Crippen LogP) is 2.26. The van der Waals surface area contributed by atoms with Gasteiger partial charge in [-0.25, -0.2) is 4.99 Å². The van der Waals surface area contributed by atoms with Gasteiger partial charge in [0.25, 0.3) is 5.91 Å². The van der Waals surface area contributed by atoms with Crippen molar-refractivity contribution >= 4 is 23.5 Å². The number of nitrogens with one attached hydrogen (secondary N) is 2. The molecule has 1 aromatic carbocycles. The minimum Gasteiger partial charge on any atom is -0.496 e. The Morgan fingerprint density at radius 3 is 2.70 bits per heavy atom. The van der Waals surface area contributed by atoms with Crippen molar-refractivity contribution < 1.29 is 9.53 Å². The molecule has 20 heavy (non-hydrogen) atoms. The van der Waals surface area contributed by atoms with Gasteiger partial charge in [0, 0.05) is 11.1 Å². The van der Waals surface area contributed by atoms with E-state index in [1.807, 2.05) is 20.8 Å². The Labute approximate surface area is 123 Å². The third-order valence-electron chi connectivity index (χ3n) is 2.75. The molecule has 0 saturated carbocycles. The van der Waals surface area contributed by atoms with Crippen LogP contribution in [-0.2, 0) is 4.79 Å². The second-order valence-corrected chi connectivity index (χ2v) is 6.01. The summed E-state index contributed by atoms with van der Waals surface area (Å²) in [7, 11) is 1.54. The Hall–Kier alpha value is -1.75. The third kappa shape index (κ3) is 3.04. The number of rotatable bonds is 2. The lowest BCUT2D eigenvalue weighted by atomic mass is 10.1. The van der Waals surface area contributed by atoms with E-state index in [1.165, 1.54) is 0 Å². The molecule has 0 aliphatic carbocycles. The van der Waals surface area contributed by atoms with E-state index in [1.54, 1.807) is 25.3 Å². The van der Waals surface area contributed by atoms with Crippen LogP contribution in [0.1, 0.15) is 32.4 Å². The maximum Gasteiger partial charge on any atom is 0.256 e. The highest BCUT2D eigenvalue weighted by atomic mass is 35.5. The molecule has 0 saturated heterocycles. The second kappa shape index (κ2) is 5.32. The van der Waals surface area contributed by atoms with Crippen LogP contribution in [0.3, 0.4) is 0 Å². The van der Waals surface area contributed by atoms with Crippen LogP contribution in [0.4, 0.5) is 0 Å². The molecule has 1 aliphatic rings. The number of amides is 1. The summed E-state index contributed by atoms with van der Waals surface area (Å²) in [5.41, 5.74) is 0.394. The molecule has 108 valence electrons. The van der Waals surface area contributed by atoms with Crippen molar-refractivity contribution in [1.82, 2.24) is 10.6 Å². The number of aliphatic imine (C=N–C) groups is 1. The zero-order chi connectivity index (χ0) is 14.9. The number of ether oxygens (including phenoxy) is 1. The molecular formula is C14H18ClN3O2. The van der Waals surface area contributed by atoms with Crippen molar-refractivity contribution in [2.75, 3.05) is 7.11 Å². The monoisotopic (exact) mass is 295 g/mol. The number of guanidine groups is 1. The summed E-state index contributed by atoms with van der Waals surface area (Å²) in [6, 6.07) is 4.56.